The summed E-state index contributed by atoms with van der Waals surface area (Å²) in [5.41, 5.74) is 0.114. The molecule has 0 atom stereocenters. The van der Waals surface area contributed by atoms with Crippen LogP contribution >= 0.6 is 15.9 Å². The van der Waals surface area contributed by atoms with Gasteiger partial charge in [0.15, 0.2) is 0 Å². The van der Waals surface area contributed by atoms with Crippen molar-refractivity contribution in [1.29, 1.82) is 0 Å². The summed E-state index contributed by atoms with van der Waals surface area (Å²) < 4.78 is 0.769. The summed E-state index contributed by atoms with van der Waals surface area (Å²) in [5.74, 6) is 0. The highest BCUT2D eigenvalue weighted by Crippen LogP contribution is 2.26. The molecule has 0 fully saturated rings. The number of hydrogen-bond donors (Lipinski definition) is 3. The number of aromatic amines is 3. The van der Waals surface area contributed by atoms with Crippen LogP contribution in [0.5, 0.6) is 0 Å². The zero-order valence-electron chi connectivity index (χ0n) is 7.80. The summed E-state index contributed by atoms with van der Waals surface area (Å²) in [6, 6.07) is 1.68. The van der Waals surface area contributed by atoms with Gasteiger partial charge in [0.1, 0.15) is 0 Å². The van der Waals surface area contributed by atoms with Gasteiger partial charge in [-0.3, -0.25) is 14.9 Å². The lowest BCUT2D eigenvalue weighted by Crippen LogP contribution is -2.22. The molecule has 0 unspecified atom stereocenters. The van der Waals surface area contributed by atoms with E-state index in [1.807, 2.05) is 0 Å². The first-order chi connectivity index (χ1) is 7.66. The molecule has 0 saturated carbocycles. The quantitative estimate of drug-likeness (QED) is 0.570. The van der Waals surface area contributed by atoms with Gasteiger partial charge in [0.05, 0.1) is 22.6 Å². The van der Waals surface area contributed by atoms with E-state index in [2.05, 4.69) is 36.1 Å². The zero-order valence-corrected chi connectivity index (χ0v) is 9.38. The molecule has 0 bridgehead atoms. The number of fused-ring (bicyclic) bond motifs is 3. The summed E-state index contributed by atoms with van der Waals surface area (Å²) in [4.78, 5) is 27.6. The number of halogens is 1. The molecule has 3 rings (SSSR count). The number of aromatic nitrogens is 4. The highest BCUT2D eigenvalue weighted by atomic mass is 79.9. The van der Waals surface area contributed by atoms with Crippen LogP contribution in [0.4, 0.5) is 0 Å². The molecule has 0 radical (unpaired) electrons. The number of benzene rings is 1. The Labute approximate surface area is 95.8 Å². The van der Waals surface area contributed by atoms with Gasteiger partial charge in [-0.25, -0.2) is 4.79 Å². The average molecular weight is 281 g/mol. The van der Waals surface area contributed by atoms with Crippen LogP contribution in [-0.4, -0.2) is 20.2 Å². The van der Waals surface area contributed by atoms with Crippen molar-refractivity contribution in [3.63, 3.8) is 0 Å². The third kappa shape index (κ3) is 1.15. The maximum atomic E-state index is 11.7. The van der Waals surface area contributed by atoms with E-state index < -0.39 is 11.2 Å². The van der Waals surface area contributed by atoms with Crippen molar-refractivity contribution in [1.82, 2.24) is 20.2 Å². The van der Waals surface area contributed by atoms with E-state index in [1.165, 1.54) is 0 Å². The fourth-order valence-electron chi connectivity index (χ4n) is 1.72. The highest BCUT2D eigenvalue weighted by Gasteiger charge is 2.10. The normalized spacial score (nSPS) is 11.3. The molecule has 0 aliphatic heterocycles. The summed E-state index contributed by atoms with van der Waals surface area (Å²) in [5, 5.41) is 7.81. The Bertz CT molecular complexity index is 814. The molecule has 16 heavy (non-hydrogen) atoms. The second-order valence-corrected chi connectivity index (χ2v) is 4.20. The molecule has 0 aliphatic rings. The van der Waals surface area contributed by atoms with Crippen molar-refractivity contribution in [2.75, 3.05) is 0 Å². The molecule has 1 aromatic carbocycles. The van der Waals surface area contributed by atoms with Gasteiger partial charge in [-0.1, -0.05) is 0 Å². The molecule has 6 nitrogen and oxygen atoms in total. The van der Waals surface area contributed by atoms with Gasteiger partial charge in [0.2, 0.25) is 0 Å². The highest BCUT2D eigenvalue weighted by molar-refractivity contribution is 9.10. The van der Waals surface area contributed by atoms with E-state index >= 15 is 0 Å². The predicted octanol–water partition coefficient (Wildman–Crippen LogP) is 0.855. The smallest absolute Gasteiger partial charge is 0.307 e. The fraction of sp³-hybridized carbons (Fsp3) is 0. The van der Waals surface area contributed by atoms with Crippen LogP contribution in [0.25, 0.3) is 21.8 Å². The monoisotopic (exact) mass is 280 g/mol. The molecule has 7 heteroatoms. The first kappa shape index (κ1) is 9.34. The fourth-order valence-corrected chi connectivity index (χ4v) is 2.25. The Balaban J connectivity index is 2.75. The van der Waals surface area contributed by atoms with Gasteiger partial charge in [-0.05, 0) is 22.0 Å². The average Bonchev–Trinajstić information content (AvgIpc) is 2.65. The van der Waals surface area contributed by atoms with Crippen LogP contribution < -0.4 is 11.2 Å². The molecular formula is C9H5BrN4O2. The molecule has 3 aromatic rings. The number of H-pyrrole nitrogens is 3. The van der Waals surface area contributed by atoms with Crippen LogP contribution in [0.3, 0.4) is 0 Å². The molecule has 2 aromatic heterocycles. The van der Waals surface area contributed by atoms with Gasteiger partial charge >= 0.3 is 5.69 Å². The standard InChI is InChI=1S/C9H5BrN4O2/c10-4-1-5-6(7-3(4)2-11-14-7)8(15)13-9(16)12-5/h1-2H,(H,11,14)(H2,12,13,15,16). The minimum absolute atomic E-state index is 0.398. The Morgan fingerprint density at radius 3 is 2.88 bits per heavy atom. The van der Waals surface area contributed by atoms with E-state index in [-0.39, 0.29) is 0 Å². The van der Waals surface area contributed by atoms with E-state index in [0.717, 1.165) is 9.86 Å². The first-order valence-electron chi connectivity index (χ1n) is 4.45. The number of nitrogens with zero attached hydrogens (tertiary/aromatic N) is 1. The lowest BCUT2D eigenvalue weighted by atomic mass is 10.2. The zero-order chi connectivity index (χ0) is 11.3. The lowest BCUT2D eigenvalue weighted by molar-refractivity contribution is 1.08. The van der Waals surface area contributed by atoms with E-state index in [4.69, 9.17) is 0 Å². The largest absolute Gasteiger partial charge is 0.326 e. The molecular weight excluding hydrogens is 276 g/mol. The molecule has 2 heterocycles. The topological polar surface area (TPSA) is 94.4 Å². The van der Waals surface area contributed by atoms with Gasteiger partial charge in [0, 0.05) is 9.86 Å². The first-order valence-corrected chi connectivity index (χ1v) is 5.24. The minimum atomic E-state index is -0.525. The maximum absolute atomic E-state index is 11.7. The van der Waals surface area contributed by atoms with Gasteiger partial charge in [-0.15, -0.1) is 0 Å². The van der Waals surface area contributed by atoms with Crippen molar-refractivity contribution in [2.24, 2.45) is 0 Å². The van der Waals surface area contributed by atoms with Crippen molar-refractivity contribution < 1.29 is 0 Å². The SMILES string of the molecule is O=c1[nH]c(=O)c2c(cc(Br)c3cn[nH]c32)[nH]1. The van der Waals surface area contributed by atoms with Crippen LogP contribution in [0.1, 0.15) is 0 Å². The van der Waals surface area contributed by atoms with Crippen molar-refractivity contribution >= 4 is 37.7 Å². The summed E-state index contributed by atoms with van der Waals surface area (Å²) in [6.07, 6.45) is 1.61. The Hall–Kier alpha value is -1.89. The summed E-state index contributed by atoms with van der Waals surface area (Å²) in [6.45, 7) is 0. The molecule has 0 spiro atoms. The summed E-state index contributed by atoms with van der Waals surface area (Å²) in [7, 11) is 0. The second-order valence-electron chi connectivity index (χ2n) is 3.35. The Morgan fingerprint density at radius 2 is 2.06 bits per heavy atom. The van der Waals surface area contributed by atoms with Crippen molar-refractivity contribution in [3.05, 3.63) is 37.6 Å². The number of nitrogens with one attached hydrogen (secondary N) is 3. The van der Waals surface area contributed by atoms with Crippen LogP contribution in [0, 0.1) is 0 Å². The van der Waals surface area contributed by atoms with E-state index in [0.29, 0.717) is 16.4 Å². The van der Waals surface area contributed by atoms with Gasteiger partial charge < -0.3 is 4.98 Å². The van der Waals surface area contributed by atoms with Crippen molar-refractivity contribution in [2.45, 2.75) is 0 Å². The van der Waals surface area contributed by atoms with Crippen molar-refractivity contribution in [3.8, 4) is 0 Å². The molecule has 3 N–H and O–H groups in total. The van der Waals surface area contributed by atoms with Gasteiger partial charge in [0.25, 0.3) is 5.56 Å². The number of rotatable bonds is 0. The number of hydrogen-bond acceptors (Lipinski definition) is 3. The Kier molecular flexibility index (Phi) is 1.78. The second kappa shape index (κ2) is 3.05. The molecule has 0 amide bonds. The lowest BCUT2D eigenvalue weighted by Gasteiger charge is -1.99. The minimum Gasteiger partial charge on any atom is -0.307 e. The third-order valence-electron chi connectivity index (χ3n) is 2.39. The third-order valence-corrected chi connectivity index (χ3v) is 3.05. The predicted molar refractivity (Wildman–Crippen MR) is 62.5 cm³/mol. The van der Waals surface area contributed by atoms with Crippen LogP contribution in [0.15, 0.2) is 26.3 Å². The summed E-state index contributed by atoms with van der Waals surface area (Å²) >= 11 is 3.35. The molecule has 0 aliphatic carbocycles. The van der Waals surface area contributed by atoms with E-state index in [9.17, 15) is 9.59 Å². The van der Waals surface area contributed by atoms with Crippen LogP contribution in [-0.2, 0) is 0 Å². The molecule has 0 saturated heterocycles. The maximum Gasteiger partial charge on any atom is 0.326 e. The van der Waals surface area contributed by atoms with E-state index in [1.54, 1.807) is 12.3 Å². The van der Waals surface area contributed by atoms with Crippen LogP contribution in [0.2, 0.25) is 0 Å². The Morgan fingerprint density at radius 1 is 1.25 bits per heavy atom. The van der Waals surface area contributed by atoms with Gasteiger partial charge in [-0.2, -0.15) is 5.10 Å². The molecule has 80 valence electrons.